The first kappa shape index (κ1) is 13.1. The molecule has 0 atom stereocenters. The van der Waals surface area contributed by atoms with Crippen molar-refractivity contribution < 1.29 is 14.7 Å². The van der Waals surface area contributed by atoms with Crippen molar-refractivity contribution in [2.24, 2.45) is 5.16 Å². The van der Waals surface area contributed by atoms with Crippen LogP contribution in [0.3, 0.4) is 0 Å². The Morgan fingerprint density at radius 1 is 1.37 bits per heavy atom. The van der Waals surface area contributed by atoms with Crippen LogP contribution in [0.5, 0.6) is 0 Å². The van der Waals surface area contributed by atoms with E-state index in [2.05, 4.69) is 5.16 Å². The van der Waals surface area contributed by atoms with Gasteiger partial charge in [0.25, 0.3) is 0 Å². The number of hydrogen-bond acceptors (Lipinski definition) is 4. The highest BCUT2D eigenvalue weighted by atomic mass is 16.6. The monoisotopic (exact) mass is 260 g/mol. The zero-order chi connectivity index (χ0) is 14.0. The summed E-state index contributed by atoms with van der Waals surface area (Å²) in [5.74, 6) is 0. The van der Waals surface area contributed by atoms with E-state index in [1.165, 1.54) is 10.8 Å². The lowest BCUT2D eigenvalue weighted by atomic mass is 10.2. The van der Waals surface area contributed by atoms with Crippen molar-refractivity contribution in [1.29, 1.82) is 0 Å². The SMILES string of the molecule is CC(C)(C)OC(=O)n1cc(/C=N\O)c2ccccc21. The van der Waals surface area contributed by atoms with E-state index in [-0.39, 0.29) is 0 Å². The Morgan fingerprint density at radius 2 is 2.05 bits per heavy atom. The van der Waals surface area contributed by atoms with Gasteiger partial charge in [0.15, 0.2) is 0 Å². The van der Waals surface area contributed by atoms with Gasteiger partial charge < -0.3 is 9.94 Å². The second kappa shape index (κ2) is 4.76. The molecule has 19 heavy (non-hydrogen) atoms. The molecule has 5 nitrogen and oxygen atoms in total. The molecule has 1 aromatic heterocycles. The zero-order valence-corrected chi connectivity index (χ0v) is 11.1. The molecule has 0 radical (unpaired) electrons. The first-order valence-electron chi connectivity index (χ1n) is 5.93. The number of rotatable bonds is 1. The fourth-order valence-electron chi connectivity index (χ4n) is 1.83. The molecule has 5 heteroatoms. The van der Waals surface area contributed by atoms with Gasteiger partial charge in [0, 0.05) is 17.1 Å². The fraction of sp³-hybridized carbons (Fsp3) is 0.286. The summed E-state index contributed by atoms with van der Waals surface area (Å²) >= 11 is 0. The van der Waals surface area contributed by atoms with Crippen LogP contribution in [0.4, 0.5) is 4.79 Å². The Balaban J connectivity index is 2.52. The molecule has 100 valence electrons. The average Bonchev–Trinajstić information content (AvgIpc) is 2.67. The fourth-order valence-corrected chi connectivity index (χ4v) is 1.83. The molecule has 0 bridgehead atoms. The topological polar surface area (TPSA) is 63.8 Å². The largest absolute Gasteiger partial charge is 0.443 e. The molecule has 0 amide bonds. The molecule has 1 N–H and O–H groups in total. The normalized spacial score (nSPS) is 12.2. The minimum Gasteiger partial charge on any atom is -0.443 e. The van der Waals surface area contributed by atoms with Crippen molar-refractivity contribution in [3.63, 3.8) is 0 Å². The van der Waals surface area contributed by atoms with Crippen molar-refractivity contribution >= 4 is 23.2 Å². The maximum absolute atomic E-state index is 12.1. The lowest BCUT2D eigenvalue weighted by Gasteiger charge is -2.19. The Morgan fingerprint density at radius 3 is 2.68 bits per heavy atom. The molecule has 0 saturated carbocycles. The molecule has 0 aliphatic rings. The van der Waals surface area contributed by atoms with E-state index in [1.54, 1.807) is 6.20 Å². The van der Waals surface area contributed by atoms with E-state index in [4.69, 9.17) is 9.94 Å². The molecule has 0 aliphatic heterocycles. The van der Waals surface area contributed by atoms with Crippen LogP contribution in [0.2, 0.25) is 0 Å². The van der Waals surface area contributed by atoms with Gasteiger partial charge >= 0.3 is 6.09 Å². The van der Waals surface area contributed by atoms with Gasteiger partial charge in [0.2, 0.25) is 0 Å². The van der Waals surface area contributed by atoms with Crippen molar-refractivity contribution in [3.05, 3.63) is 36.0 Å². The van der Waals surface area contributed by atoms with E-state index < -0.39 is 11.7 Å². The van der Waals surface area contributed by atoms with Crippen LogP contribution in [0.15, 0.2) is 35.6 Å². The van der Waals surface area contributed by atoms with Crippen LogP contribution < -0.4 is 0 Å². The molecular formula is C14H16N2O3. The highest BCUT2D eigenvalue weighted by molar-refractivity contribution is 6.02. The third-order valence-corrected chi connectivity index (χ3v) is 2.53. The molecule has 0 aliphatic carbocycles. The quantitative estimate of drug-likeness (QED) is 0.486. The Kier molecular flexibility index (Phi) is 3.29. The molecule has 0 spiro atoms. The molecular weight excluding hydrogens is 244 g/mol. The Hall–Kier alpha value is -2.30. The number of benzene rings is 1. The van der Waals surface area contributed by atoms with Gasteiger partial charge in [-0.3, -0.25) is 4.57 Å². The number of oxime groups is 1. The third kappa shape index (κ3) is 2.76. The maximum atomic E-state index is 12.1. The number of hydrogen-bond donors (Lipinski definition) is 1. The molecule has 1 heterocycles. The smallest absolute Gasteiger partial charge is 0.419 e. The molecule has 2 rings (SSSR count). The number of carbonyl (C=O) groups excluding carboxylic acids is 1. The van der Waals surface area contributed by atoms with Crippen molar-refractivity contribution in [1.82, 2.24) is 4.57 Å². The molecule has 0 fully saturated rings. The number of fused-ring (bicyclic) bond motifs is 1. The van der Waals surface area contributed by atoms with Gasteiger partial charge in [-0.05, 0) is 26.8 Å². The standard InChI is InChI=1S/C14H16N2O3/c1-14(2,3)19-13(17)16-9-10(8-15-18)11-6-4-5-7-12(11)16/h4-9,18H,1-3H3/b15-8-. The highest BCUT2D eigenvalue weighted by Gasteiger charge is 2.20. The van der Waals surface area contributed by atoms with Crippen molar-refractivity contribution in [2.75, 3.05) is 0 Å². The van der Waals surface area contributed by atoms with Crippen LogP contribution in [0.1, 0.15) is 26.3 Å². The summed E-state index contributed by atoms with van der Waals surface area (Å²) in [6.07, 6.45) is 2.43. The lowest BCUT2D eigenvalue weighted by Crippen LogP contribution is -2.26. The minimum atomic E-state index is -0.562. The first-order chi connectivity index (χ1) is 8.92. The van der Waals surface area contributed by atoms with E-state index in [9.17, 15) is 4.79 Å². The number of para-hydroxylation sites is 1. The zero-order valence-electron chi connectivity index (χ0n) is 11.1. The predicted octanol–water partition coefficient (Wildman–Crippen LogP) is 3.23. The summed E-state index contributed by atoms with van der Waals surface area (Å²) in [4.78, 5) is 12.1. The van der Waals surface area contributed by atoms with Gasteiger partial charge in [-0.1, -0.05) is 23.4 Å². The number of nitrogens with zero attached hydrogens (tertiary/aromatic N) is 2. The third-order valence-electron chi connectivity index (χ3n) is 2.53. The minimum absolute atomic E-state index is 0.457. The Labute approximate surface area is 111 Å². The van der Waals surface area contributed by atoms with E-state index in [1.807, 2.05) is 45.0 Å². The molecule has 0 unspecified atom stereocenters. The lowest BCUT2D eigenvalue weighted by molar-refractivity contribution is 0.0544. The molecule has 1 aromatic carbocycles. The van der Waals surface area contributed by atoms with Crippen molar-refractivity contribution in [3.8, 4) is 0 Å². The second-order valence-electron chi connectivity index (χ2n) is 5.20. The van der Waals surface area contributed by atoms with Gasteiger partial charge in [-0.15, -0.1) is 0 Å². The number of ether oxygens (including phenoxy) is 1. The van der Waals surface area contributed by atoms with Crippen LogP contribution in [0, 0.1) is 0 Å². The second-order valence-corrected chi connectivity index (χ2v) is 5.20. The highest BCUT2D eigenvalue weighted by Crippen LogP contribution is 2.21. The average molecular weight is 260 g/mol. The summed E-state index contributed by atoms with van der Waals surface area (Å²) in [5.41, 5.74) is 0.809. The van der Waals surface area contributed by atoms with Gasteiger partial charge in [0.05, 0.1) is 11.7 Å². The summed E-state index contributed by atoms with van der Waals surface area (Å²) in [6, 6.07) is 7.36. The van der Waals surface area contributed by atoms with Crippen LogP contribution in [-0.4, -0.2) is 27.7 Å². The van der Waals surface area contributed by atoms with Gasteiger partial charge in [-0.2, -0.15) is 0 Å². The van der Waals surface area contributed by atoms with Crippen LogP contribution in [0.25, 0.3) is 10.9 Å². The first-order valence-corrected chi connectivity index (χ1v) is 5.93. The summed E-state index contributed by atoms with van der Waals surface area (Å²) in [6.45, 7) is 5.44. The van der Waals surface area contributed by atoms with E-state index >= 15 is 0 Å². The van der Waals surface area contributed by atoms with Gasteiger partial charge in [-0.25, -0.2) is 4.79 Å². The van der Waals surface area contributed by atoms with Gasteiger partial charge in [0.1, 0.15) is 5.60 Å². The molecule has 0 saturated heterocycles. The predicted molar refractivity (Wildman–Crippen MR) is 73.0 cm³/mol. The van der Waals surface area contributed by atoms with E-state index in [0.717, 1.165) is 5.39 Å². The van der Waals surface area contributed by atoms with Crippen LogP contribution in [-0.2, 0) is 4.74 Å². The molecule has 2 aromatic rings. The number of carbonyl (C=O) groups is 1. The summed E-state index contributed by atoms with van der Waals surface area (Å²) < 4.78 is 6.75. The van der Waals surface area contributed by atoms with Crippen molar-refractivity contribution in [2.45, 2.75) is 26.4 Å². The number of aromatic nitrogens is 1. The van der Waals surface area contributed by atoms with E-state index in [0.29, 0.717) is 11.1 Å². The Bertz CT molecular complexity index is 636. The summed E-state index contributed by atoms with van der Waals surface area (Å²) in [7, 11) is 0. The van der Waals surface area contributed by atoms with Crippen LogP contribution >= 0.6 is 0 Å². The summed E-state index contributed by atoms with van der Waals surface area (Å²) in [5, 5.41) is 12.5. The maximum Gasteiger partial charge on any atom is 0.419 e.